The molecule has 4 rings (SSSR count). The highest BCUT2D eigenvalue weighted by Gasteiger charge is 2.19. The highest BCUT2D eigenvalue weighted by molar-refractivity contribution is 7.99. The summed E-state index contributed by atoms with van der Waals surface area (Å²) in [5.74, 6) is 1.17. The zero-order chi connectivity index (χ0) is 23.2. The highest BCUT2D eigenvalue weighted by Crippen LogP contribution is 2.32. The lowest BCUT2D eigenvalue weighted by atomic mass is 10.1. The first-order chi connectivity index (χ1) is 16.1. The fourth-order valence-corrected chi connectivity index (χ4v) is 4.06. The molecule has 0 aliphatic heterocycles. The summed E-state index contributed by atoms with van der Waals surface area (Å²) in [6.07, 6.45) is 0. The first-order valence-electron chi connectivity index (χ1n) is 10.2. The van der Waals surface area contributed by atoms with Crippen LogP contribution in [0.3, 0.4) is 0 Å². The Bertz CT molecular complexity index is 1290. The van der Waals surface area contributed by atoms with Gasteiger partial charge in [-0.05, 0) is 31.2 Å². The molecule has 0 fully saturated rings. The summed E-state index contributed by atoms with van der Waals surface area (Å²) in [5, 5.41) is 12.1. The van der Waals surface area contributed by atoms with Gasteiger partial charge in [0.15, 0.2) is 16.8 Å². The molecule has 1 amide bonds. The van der Waals surface area contributed by atoms with Gasteiger partial charge in [0, 0.05) is 16.8 Å². The quantitative estimate of drug-likeness (QED) is 0.299. The lowest BCUT2D eigenvalue weighted by molar-refractivity contribution is -0.113. The fraction of sp³-hybridized carbons (Fsp3) is 0.120. The van der Waals surface area contributed by atoms with Gasteiger partial charge in [0.05, 0.1) is 18.6 Å². The normalized spacial score (nSPS) is 10.6. The van der Waals surface area contributed by atoms with Crippen LogP contribution in [0.25, 0.3) is 17.1 Å². The number of anilines is 1. The Kier molecular flexibility index (Phi) is 6.85. The minimum Gasteiger partial charge on any atom is -0.495 e. The van der Waals surface area contributed by atoms with Gasteiger partial charge in [-0.3, -0.25) is 14.2 Å². The zero-order valence-electron chi connectivity index (χ0n) is 18.2. The van der Waals surface area contributed by atoms with Crippen molar-refractivity contribution in [2.24, 2.45) is 0 Å². The SMILES string of the molecule is COc1ccccc1-n1c(SCC(=O)Nc2cccc(C(C)=O)c2)nnc1-c1ccccc1. The summed E-state index contributed by atoms with van der Waals surface area (Å²) in [6, 6.07) is 24.2. The Morgan fingerprint density at radius 2 is 1.73 bits per heavy atom. The maximum Gasteiger partial charge on any atom is 0.234 e. The van der Waals surface area contributed by atoms with E-state index in [1.807, 2.05) is 59.2 Å². The third-order valence-electron chi connectivity index (χ3n) is 4.88. The number of Topliss-reactive ketones (excluding diaryl/α,β-unsaturated/α-hetero) is 1. The number of carbonyl (C=O) groups excluding carboxylic acids is 2. The maximum atomic E-state index is 12.6. The topological polar surface area (TPSA) is 86.1 Å². The summed E-state index contributed by atoms with van der Waals surface area (Å²) in [7, 11) is 1.61. The molecule has 1 N–H and O–H groups in total. The van der Waals surface area contributed by atoms with E-state index < -0.39 is 0 Å². The van der Waals surface area contributed by atoms with Crippen molar-refractivity contribution < 1.29 is 14.3 Å². The van der Waals surface area contributed by atoms with Crippen molar-refractivity contribution in [3.63, 3.8) is 0 Å². The Morgan fingerprint density at radius 1 is 0.970 bits per heavy atom. The number of nitrogens with one attached hydrogen (secondary N) is 1. The number of thioether (sulfide) groups is 1. The van der Waals surface area contributed by atoms with Crippen LogP contribution < -0.4 is 10.1 Å². The smallest absolute Gasteiger partial charge is 0.234 e. The predicted octanol–water partition coefficient (Wildman–Crippen LogP) is 4.88. The number of carbonyl (C=O) groups is 2. The molecule has 7 nitrogen and oxygen atoms in total. The van der Waals surface area contributed by atoms with Gasteiger partial charge in [0.25, 0.3) is 0 Å². The number of hydrogen-bond acceptors (Lipinski definition) is 6. The molecular weight excluding hydrogens is 436 g/mol. The molecule has 4 aromatic rings. The van der Waals surface area contributed by atoms with E-state index in [2.05, 4.69) is 15.5 Å². The van der Waals surface area contributed by atoms with E-state index in [-0.39, 0.29) is 17.4 Å². The molecule has 166 valence electrons. The van der Waals surface area contributed by atoms with Crippen molar-refractivity contribution in [1.82, 2.24) is 14.8 Å². The van der Waals surface area contributed by atoms with Crippen molar-refractivity contribution >= 4 is 29.1 Å². The summed E-state index contributed by atoms with van der Waals surface area (Å²) in [4.78, 5) is 24.2. The van der Waals surface area contributed by atoms with Gasteiger partial charge in [0.1, 0.15) is 5.75 Å². The molecule has 0 atom stereocenters. The number of rotatable bonds is 8. The van der Waals surface area contributed by atoms with E-state index in [1.54, 1.807) is 31.4 Å². The molecule has 0 bridgehead atoms. The average molecular weight is 459 g/mol. The third-order valence-corrected chi connectivity index (χ3v) is 5.81. The third kappa shape index (κ3) is 5.12. The van der Waals surface area contributed by atoms with E-state index in [1.165, 1.54) is 18.7 Å². The lowest BCUT2D eigenvalue weighted by Gasteiger charge is -2.14. The number of nitrogens with zero attached hydrogens (tertiary/aromatic N) is 3. The second-order valence-corrected chi connectivity index (χ2v) is 8.10. The van der Waals surface area contributed by atoms with E-state index in [0.717, 1.165) is 11.3 Å². The van der Waals surface area contributed by atoms with Gasteiger partial charge in [-0.2, -0.15) is 0 Å². The minimum atomic E-state index is -0.212. The molecule has 1 aromatic heterocycles. The first-order valence-corrected chi connectivity index (χ1v) is 11.2. The maximum absolute atomic E-state index is 12.6. The standard InChI is InChI=1S/C25H22N4O3S/c1-17(30)19-11-8-12-20(15-19)26-23(31)16-33-25-28-27-24(18-9-4-3-5-10-18)29(25)21-13-6-7-14-22(21)32-2/h3-15H,16H2,1-2H3,(H,26,31). The van der Waals surface area contributed by atoms with E-state index in [4.69, 9.17) is 4.74 Å². The van der Waals surface area contributed by atoms with Crippen molar-refractivity contribution in [2.75, 3.05) is 18.2 Å². The number of ether oxygens (including phenoxy) is 1. The van der Waals surface area contributed by atoms with E-state index >= 15 is 0 Å². The molecule has 33 heavy (non-hydrogen) atoms. The average Bonchev–Trinajstić information content (AvgIpc) is 3.27. The van der Waals surface area contributed by atoms with Gasteiger partial charge in [-0.15, -0.1) is 10.2 Å². The molecule has 1 heterocycles. The number of amides is 1. The van der Waals surface area contributed by atoms with Crippen LogP contribution in [-0.4, -0.2) is 39.3 Å². The Morgan fingerprint density at radius 3 is 2.48 bits per heavy atom. The molecule has 0 radical (unpaired) electrons. The van der Waals surface area contributed by atoms with Crippen LogP contribution in [0.5, 0.6) is 5.75 Å². The second kappa shape index (κ2) is 10.1. The van der Waals surface area contributed by atoms with Crippen LogP contribution in [-0.2, 0) is 4.79 Å². The monoisotopic (exact) mass is 458 g/mol. The lowest BCUT2D eigenvalue weighted by Crippen LogP contribution is -2.15. The number of hydrogen-bond donors (Lipinski definition) is 1. The van der Waals surface area contributed by atoms with Crippen molar-refractivity contribution in [2.45, 2.75) is 12.1 Å². The summed E-state index contributed by atoms with van der Waals surface area (Å²) in [5.41, 5.74) is 2.79. The van der Waals surface area contributed by atoms with Gasteiger partial charge in [-0.1, -0.05) is 66.4 Å². The Labute approximate surface area is 195 Å². The van der Waals surface area contributed by atoms with Crippen LogP contribution >= 0.6 is 11.8 Å². The van der Waals surface area contributed by atoms with Crippen molar-refractivity contribution in [3.05, 3.63) is 84.4 Å². The molecule has 0 aliphatic carbocycles. The Hall–Kier alpha value is -3.91. The summed E-state index contributed by atoms with van der Waals surface area (Å²) in [6.45, 7) is 1.49. The van der Waals surface area contributed by atoms with Crippen LogP contribution in [0.4, 0.5) is 5.69 Å². The van der Waals surface area contributed by atoms with Crippen LogP contribution in [0.1, 0.15) is 17.3 Å². The van der Waals surface area contributed by atoms with Gasteiger partial charge in [0.2, 0.25) is 5.91 Å². The second-order valence-electron chi connectivity index (χ2n) is 7.15. The highest BCUT2D eigenvalue weighted by atomic mass is 32.2. The molecule has 0 saturated carbocycles. The number of aromatic nitrogens is 3. The van der Waals surface area contributed by atoms with Crippen LogP contribution in [0, 0.1) is 0 Å². The summed E-state index contributed by atoms with van der Waals surface area (Å²) < 4.78 is 7.45. The van der Waals surface area contributed by atoms with Crippen LogP contribution in [0.15, 0.2) is 84.0 Å². The molecule has 8 heteroatoms. The van der Waals surface area contributed by atoms with Gasteiger partial charge >= 0.3 is 0 Å². The first kappa shape index (κ1) is 22.3. The van der Waals surface area contributed by atoms with Crippen LogP contribution in [0.2, 0.25) is 0 Å². The minimum absolute atomic E-state index is 0.0566. The zero-order valence-corrected chi connectivity index (χ0v) is 19.0. The molecule has 0 spiro atoms. The predicted molar refractivity (Wildman–Crippen MR) is 129 cm³/mol. The van der Waals surface area contributed by atoms with Crippen molar-refractivity contribution in [3.8, 4) is 22.8 Å². The molecule has 3 aromatic carbocycles. The molecule has 0 unspecified atom stereocenters. The number of ketones is 1. The number of methoxy groups -OCH3 is 1. The largest absolute Gasteiger partial charge is 0.495 e. The Balaban J connectivity index is 1.60. The van der Waals surface area contributed by atoms with Crippen molar-refractivity contribution in [1.29, 1.82) is 0 Å². The van der Waals surface area contributed by atoms with Gasteiger partial charge < -0.3 is 10.1 Å². The molecular formula is C25H22N4O3S. The van der Waals surface area contributed by atoms with Gasteiger partial charge in [-0.25, -0.2) is 0 Å². The van der Waals surface area contributed by atoms with E-state index in [9.17, 15) is 9.59 Å². The molecule has 0 aliphatic rings. The number of benzene rings is 3. The fourth-order valence-electron chi connectivity index (χ4n) is 3.31. The number of para-hydroxylation sites is 2. The summed E-state index contributed by atoms with van der Waals surface area (Å²) >= 11 is 1.27. The van der Waals surface area contributed by atoms with E-state index in [0.29, 0.717) is 28.0 Å². The molecule has 0 saturated heterocycles.